The Morgan fingerprint density at radius 2 is 1.60 bits per heavy atom. The maximum atomic E-state index is 13.3. The SMILES string of the molecule is O=C(CCOc1ccccc1)N1CCCC(C(=O)N2CCCC2c2ccccc2)C1. The fourth-order valence-electron chi connectivity index (χ4n) is 4.62. The van der Waals surface area contributed by atoms with Crippen LogP contribution >= 0.6 is 0 Å². The van der Waals surface area contributed by atoms with Crippen LogP contribution in [0.25, 0.3) is 0 Å². The average molecular weight is 407 g/mol. The van der Waals surface area contributed by atoms with E-state index in [4.69, 9.17) is 4.74 Å². The van der Waals surface area contributed by atoms with Gasteiger partial charge in [-0.25, -0.2) is 0 Å². The molecule has 2 aliphatic heterocycles. The van der Waals surface area contributed by atoms with Crippen molar-refractivity contribution in [1.82, 2.24) is 9.80 Å². The van der Waals surface area contributed by atoms with E-state index in [9.17, 15) is 9.59 Å². The van der Waals surface area contributed by atoms with E-state index in [1.54, 1.807) is 0 Å². The molecule has 158 valence electrons. The second-order valence-corrected chi connectivity index (χ2v) is 8.19. The van der Waals surface area contributed by atoms with Gasteiger partial charge in [0.05, 0.1) is 25.0 Å². The Hall–Kier alpha value is -2.82. The Balaban J connectivity index is 1.31. The van der Waals surface area contributed by atoms with Gasteiger partial charge in [-0.15, -0.1) is 0 Å². The second-order valence-electron chi connectivity index (χ2n) is 8.19. The van der Waals surface area contributed by atoms with Gasteiger partial charge in [0.15, 0.2) is 0 Å². The number of ether oxygens (including phenoxy) is 1. The lowest BCUT2D eigenvalue weighted by Gasteiger charge is -2.36. The number of carbonyl (C=O) groups is 2. The third kappa shape index (κ3) is 4.84. The van der Waals surface area contributed by atoms with Crippen LogP contribution in [0.1, 0.15) is 43.7 Å². The predicted molar refractivity (Wildman–Crippen MR) is 116 cm³/mol. The highest BCUT2D eigenvalue weighted by Crippen LogP contribution is 2.34. The molecule has 2 unspecified atom stereocenters. The first-order chi connectivity index (χ1) is 14.7. The molecule has 4 rings (SSSR count). The Morgan fingerprint density at radius 1 is 0.900 bits per heavy atom. The number of nitrogens with zero attached hydrogens (tertiary/aromatic N) is 2. The van der Waals surface area contributed by atoms with Gasteiger partial charge in [0.25, 0.3) is 0 Å². The summed E-state index contributed by atoms with van der Waals surface area (Å²) < 4.78 is 5.66. The molecule has 2 aliphatic rings. The van der Waals surface area contributed by atoms with Gasteiger partial charge in [0.1, 0.15) is 5.75 Å². The highest BCUT2D eigenvalue weighted by atomic mass is 16.5. The Morgan fingerprint density at radius 3 is 2.37 bits per heavy atom. The molecule has 0 aliphatic carbocycles. The van der Waals surface area contributed by atoms with Gasteiger partial charge in [0, 0.05) is 19.6 Å². The fourth-order valence-corrected chi connectivity index (χ4v) is 4.62. The third-order valence-electron chi connectivity index (χ3n) is 6.17. The maximum absolute atomic E-state index is 13.3. The molecule has 2 heterocycles. The first kappa shape index (κ1) is 20.5. The lowest BCUT2D eigenvalue weighted by atomic mass is 9.95. The highest BCUT2D eigenvalue weighted by Gasteiger charge is 2.36. The summed E-state index contributed by atoms with van der Waals surface area (Å²) in [6.07, 6.45) is 4.14. The number of para-hydroxylation sites is 1. The van der Waals surface area contributed by atoms with Gasteiger partial charge in [-0.1, -0.05) is 48.5 Å². The van der Waals surface area contributed by atoms with Crippen LogP contribution in [0.15, 0.2) is 60.7 Å². The summed E-state index contributed by atoms with van der Waals surface area (Å²) in [6, 6.07) is 20.0. The molecule has 5 heteroatoms. The number of likely N-dealkylation sites (tertiary alicyclic amines) is 2. The summed E-state index contributed by atoms with van der Waals surface area (Å²) in [4.78, 5) is 29.9. The molecule has 0 saturated carbocycles. The van der Waals surface area contributed by atoms with Crippen LogP contribution in [0.3, 0.4) is 0 Å². The van der Waals surface area contributed by atoms with E-state index in [0.717, 1.165) is 44.5 Å². The van der Waals surface area contributed by atoms with Gasteiger partial charge in [-0.2, -0.15) is 0 Å². The molecule has 2 aromatic carbocycles. The fraction of sp³-hybridized carbons (Fsp3) is 0.440. The number of carbonyl (C=O) groups excluding carboxylic acids is 2. The van der Waals surface area contributed by atoms with Gasteiger partial charge < -0.3 is 14.5 Å². The minimum absolute atomic E-state index is 0.0736. The lowest BCUT2D eigenvalue weighted by molar-refractivity contribution is -0.141. The molecule has 2 aromatic rings. The molecule has 0 spiro atoms. The van der Waals surface area contributed by atoms with Crippen LogP contribution in [0.2, 0.25) is 0 Å². The molecule has 30 heavy (non-hydrogen) atoms. The first-order valence-corrected chi connectivity index (χ1v) is 11.0. The standard InChI is InChI=1S/C25H30N2O3/c28-24(15-18-30-22-12-5-2-6-13-22)26-16-7-11-21(19-26)25(29)27-17-8-14-23(27)20-9-3-1-4-10-20/h1-6,9-10,12-13,21,23H,7-8,11,14-19H2. The van der Waals surface area contributed by atoms with Crippen LogP contribution in [0, 0.1) is 5.92 Å². The average Bonchev–Trinajstić information content (AvgIpc) is 3.30. The number of rotatable bonds is 6. The van der Waals surface area contributed by atoms with Gasteiger partial charge in [-0.3, -0.25) is 9.59 Å². The second kappa shape index (κ2) is 9.79. The number of hydrogen-bond donors (Lipinski definition) is 0. The van der Waals surface area contributed by atoms with Crippen LogP contribution in [0.5, 0.6) is 5.75 Å². The number of hydrogen-bond acceptors (Lipinski definition) is 3. The Kier molecular flexibility index (Phi) is 6.67. The van der Waals surface area contributed by atoms with Crippen LogP contribution in [-0.2, 0) is 9.59 Å². The molecular formula is C25H30N2O3. The molecule has 0 N–H and O–H groups in total. The summed E-state index contributed by atoms with van der Waals surface area (Å²) in [7, 11) is 0. The third-order valence-corrected chi connectivity index (χ3v) is 6.17. The maximum Gasteiger partial charge on any atom is 0.227 e. The summed E-state index contributed by atoms with van der Waals surface area (Å²) in [6.45, 7) is 2.44. The van der Waals surface area contributed by atoms with E-state index < -0.39 is 0 Å². The Labute approximate surface area is 178 Å². The van der Waals surface area contributed by atoms with Crippen molar-refractivity contribution in [2.24, 2.45) is 5.92 Å². The largest absolute Gasteiger partial charge is 0.493 e. The van der Waals surface area contributed by atoms with Crippen molar-refractivity contribution in [1.29, 1.82) is 0 Å². The van der Waals surface area contributed by atoms with E-state index in [1.807, 2.05) is 58.3 Å². The minimum atomic E-state index is -0.0953. The molecule has 5 nitrogen and oxygen atoms in total. The summed E-state index contributed by atoms with van der Waals surface area (Å²) in [5.74, 6) is 0.962. The van der Waals surface area contributed by atoms with Gasteiger partial charge >= 0.3 is 0 Å². The summed E-state index contributed by atoms with van der Waals surface area (Å²) >= 11 is 0. The topological polar surface area (TPSA) is 49.9 Å². The van der Waals surface area contributed by atoms with Gasteiger partial charge in [0.2, 0.25) is 11.8 Å². The van der Waals surface area contributed by atoms with Crippen molar-refractivity contribution in [3.63, 3.8) is 0 Å². The minimum Gasteiger partial charge on any atom is -0.493 e. The van der Waals surface area contributed by atoms with Crippen LogP contribution < -0.4 is 4.74 Å². The van der Waals surface area contributed by atoms with Crippen LogP contribution in [-0.4, -0.2) is 47.9 Å². The van der Waals surface area contributed by atoms with Crippen molar-refractivity contribution >= 4 is 11.8 Å². The zero-order valence-electron chi connectivity index (χ0n) is 17.4. The van der Waals surface area contributed by atoms with Crippen molar-refractivity contribution in [2.75, 3.05) is 26.2 Å². The van der Waals surface area contributed by atoms with Gasteiger partial charge in [-0.05, 0) is 43.4 Å². The smallest absolute Gasteiger partial charge is 0.227 e. The normalized spacial score (nSPS) is 21.5. The number of benzene rings is 2. The van der Waals surface area contributed by atoms with Crippen molar-refractivity contribution in [3.8, 4) is 5.75 Å². The molecule has 2 atom stereocenters. The zero-order valence-corrected chi connectivity index (χ0v) is 17.4. The zero-order chi connectivity index (χ0) is 20.8. The monoisotopic (exact) mass is 406 g/mol. The van der Waals surface area contributed by atoms with Crippen LogP contribution in [0.4, 0.5) is 0 Å². The molecule has 0 bridgehead atoms. The molecular weight excluding hydrogens is 376 g/mol. The molecule has 2 saturated heterocycles. The summed E-state index contributed by atoms with van der Waals surface area (Å²) in [5.41, 5.74) is 1.21. The molecule has 0 radical (unpaired) electrons. The van der Waals surface area contributed by atoms with E-state index in [2.05, 4.69) is 12.1 Å². The van der Waals surface area contributed by atoms with E-state index >= 15 is 0 Å². The quantitative estimate of drug-likeness (QED) is 0.727. The lowest BCUT2D eigenvalue weighted by Crippen LogP contribution is -2.46. The predicted octanol–water partition coefficient (Wildman–Crippen LogP) is 4.06. The highest BCUT2D eigenvalue weighted by molar-refractivity contribution is 5.82. The van der Waals surface area contributed by atoms with Crippen molar-refractivity contribution in [2.45, 2.75) is 38.1 Å². The van der Waals surface area contributed by atoms with E-state index in [-0.39, 0.29) is 23.8 Å². The molecule has 0 aromatic heterocycles. The summed E-state index contributed by atoms with van der Waals surface area (Å²) in [5, 5.41) is 0. The van der Waals surface area contributed by atoms with E-state index in [1.165, 1.54) is 5.56 Å². The molecule has 2 fully saturated rings. The van der Waals surface area contributed by atoms with E-state index in [0.29, 0.717) is 19.6 Å². The number of piperidine rings is 1. The van der Waals surface area contributed by atoms with Crippen molar-refractivity contribution in [3.05, 3.63) is 66.2 Å². The number of amides is 2. The first-order valence-electron chi connectivity index (χ1n) is 11.0. The Bertz CT molecular complexity index is 840. The molecule has 2 amide bonds. The van der Waals surface area contributed by atoms with Crippen molar-refractivity contribution < 1.29 is 14.3 Å².